The fraction of sp³-hybridized carbons (Fsp3) is 0.320. The van der Waals surface area contributed by atoms with Gasteiger partial charge in [-0.1, -0.05) is 35.9 Å². The molecule has 6 nitrogen and oxygen atoms in total. The van der Waals surface area contributed by atoms with Crippen LogP contribution < -0.4 is 10.6 Å². The first-order chi connectivity index (χ1) is 16.0. The number of aliphatic hydroxyl groups excluding tert-OH is 1. The third-order valence-electron chi connectivity index (χ3n) is 6.95. The number of pyridine rings is 1. The average Bonchev–Trinajstić information content (AvgIpc) is 3.11. The van der Waals surface area contributed by atoms with Crippen LogP contribution >= 0.6 is 11.6 Å². The van der Waals surface area contributed by atoms with Crippen LogP contribution in [-0.4, -0.2) is 33.1 Å². The van der Waals surface area contributed by atoms with Crippen LogP contribution in [0.25, 0.3) is 12.2 Å². The lowest BCUT2D eigenvalue weighted by molar-refractivity contribution is 0.186. The molecule has 0 saturated carbocycles. The van der Waals surface area contributed by atoms with Gasteiger partial charge in [0.05, 0.1) is 18.5 Å². The molecule has 1 atom stereocenters. The molecule has 3 aromatic rings. The SMILES string of the molecule is NC1c2ccccc2CC12CCN(c1ncc(C=Cc3ccnc(Cl)c3F)nc1CO)CC2. The number of hydrogen-bond donors (Lipinski definition) is 2. The topological polar surface area (TPSA) is 88.2 Å². The molecule has 1 unspecified atom stereocenters. The Hall–Kier alpha value is -2.87. The minimum absolute atomic E-state index is 0.0499. The summed E-state index contributed by atoms with van der Waals surface area (Å²) in [6, 6.07) is 10.1. The summed E-state index contributed by atoms with van der Waals surface area (Å²) >= 11 is 5.74. The third kappa shape index (κ3) is 4.01. The van der Waals surface area contributed by atoms with E-state index in [0.29, 0.717) is 22.8 Å². The molecule has 1 aliphatic carbocycles. The summed E-state index contributed by atoms with van der Waals surface area (Å²) in [6.07, 6.45) is 9.21. The number of piperidine rings is 1. The largest absolute Gasteiger partial charge is 0.390 e. The van der Waals surface area contributed by atoms with Crippen molar-refractivity contribution in [1.82, 2.24) is 15.0 Å². The second kappa shape index (κ2) is 8.82. The van der Waals surface area contributed by atoms with E-state index in [9.17, 15) is 9.50 Å². The molecule has 0 bridgehead atoms. The van der Waals surface area contributed by atoms with Gasteiger partial charge < -0.3 is 15.7 Å². The number of halogens is 2. The molecule has 1 aromatic carbocycles. The molecule has 2 aliphatic rings. The number of rotatable bonds is 4. The monoisotopic (exact) mass is 465 g/mol. The van der Waals surface area contributed by atoms with Crippen molar-refractivity contribution in [2.75, 3.05) is 18.0 Å². The quantitative estimate of drug-likeness (QED) is 0.562. The minimum Gasteiger partial charge on any atom is -0.390 e. The molecular formula is C25H25ClFN5O. The predicted molar refractivity (Wildman–Crippen MR) is 127 cm³/mol. The fourth-order valence-electron chi connectivity index (χ4n) is 5.09. The van der Waals surface area contributed by atoms with Crippen molar-refractivity contribution in [3.05, 3.63) is 81.8 Å². The summed E-state index contributed by atoms with van der Waals surface area (Å²) in [5, 5.41) is 9.77. The summed E-state index contributed by atoms with van der Waals surface area (Å²) in [5.74, 6) is 0.101. The number of hydrogen-bond acceptors (Lipinski definition) is 6. The van der Waals surface area contributed by atoms with Gasteiger partial charge in [-0.3, -0.25) is 0 Å². The maximum absolute atomic E-state index is 14.1. The zero-order valence-corrected chi connectivity index (χ0v) is 18.8. The van der Waals surface area contributed by atoms with Gasteiger partial charge in [-0.15, -0.1) is 0 Å². The minimum atomic E-state index is -0.586. The molecule has 3 N–H and O–H groups in total. The van der Waals surface area contributed by atoms with E-state index in [-0.39, 0.29) is 23.2 Å². The highest BCUT2D eigenvalue weighted by atomic mass is 35.5. The summed E-state index contributed by atoms with van der Waals surface area (Å²) in [6.45, 7) is 1.38. The van der Waals surface area contributed by atoms with Crippen molar-refractivity contribution < 1.29 is 9.50 Å². The Kier molecular flexibility index (Phi) is 5.86. The Morgan fingerprint density at radius 2 is 1.97 bits per heavy atom. The normalized spacial score (nSPS) is 19.4. The molecular weight excluding hydrogens is 441 g/mol. The van der Waals surface area contributed by atoms with E-state index in [4.69, 9.17) is 17.3 Å². The van der Waals surface area contributed by atoms with Crippen LogP contribution in [0.5, 0.6) is 0 Å². The molecule has 1 aliphatic heterocycles. The molecule has 8 heteroatoms. The average molecular weight is 466 g/mol. The Labute approximate surface area is 197 Å². The Bertz CT molecular complexity index is 1210. The van der Waals surface area contributed by atoms with Gasteiger partial charge in [0.25, 0.3) is 0 Å². The van der Waals surface area contributed by atoms with Gasteiger partial charge in [-0.25, -0.2) is 19.3 Å². The summed E-state index contributed by atoms with van der Waals surface area (Å²) < 4.78 is 14.1. The zero-order chi connectivity index (χ0) is 23.0. The first-order valence-corrected chi connectivity index (χ1v) is 11.4. The van der Waals surface area contributed by atoms with E-state index in [1.165, 1.54) is 23.4 Å². The molecule has 33 heavy (non-hydrogen) atoms. The lowest BCUT2D eigenvalue weighted by Gasteiger charge is -2.42. The molecule has 2 aromatic heterocycles. The molecule has 1 spiro atoms. The Balaban J connectivity index is 1.32. The van der Waals surface area contributed by atoms with E-state index < -0.39 is 5.82 Å². The molecule has 0 amide bonds. The molecule has 5 rings (SSSR count). The second-order valence-electron chi connectivity index (χ2n) is 8.76. The number of aliphatic hydroxyl groups is 1. The highest BCUT2D eigenvalue weighted by Crippen LogP contribution is 2.51. The summed E-state index contributed by atoms with van der Waals surface area (Å²) in [7, 11) is 0. The van der Waals surface area contributed by atoms with Crippen LogP contribution in [0.15, 0.2) is 42.7 Å². The zero-order valence-electron chi connectivity index (χ0n) is 18.1. The van der Waals surface area contributed by atoms with Gasteiger partial charge >= 0.3 is 0 Å². The van der Waals surface area contributed by atoms with E-state index in [1.54, 1.807) is 18.3 Å². The van der Waals surface area contributed by atoms with Gasteiger partial charge in [-0.2, -0.15) is 0 Å². The number of benzene rings is 1. The highest BCUT2D eigenvalue weighted by Gasteiger charge is 2.46. The van der Waals surface area contributed by atoms with Crippen molar-refractivity contribution >= 4 is 29.6 Å². The summed E-state index contributed by atoms with van der Waals surface area (Å²) in [5.41, 5.74) is 10.7. The highest BCUT2D eigenvalue weighted by molar-refractivity contribution is 6.29. The third-order valence-corrected chi connectivity index (χ3v) is 7.22. The van der Waals surface area contributed by atoms with Crippen LogP contribution in [0.4, 0.5) is 10.2 Å². The number of fused-ring (bicyclic) bond motifs is 1. The van der Waals surface area contributed by atoms with Crippen LogP contribution in [0.2, 0.25) is 5.15 Å². The van der Waals surface area contributed by atoms with Gasteiger partial charge in [-0.05, 0) is 54.0 Å². The molecule has 3 heterocycles. The fourth-order valence-corrected chi connectivity index (χ4v) is 5.26. The molecule has 1 fully saturated rings. The molecule has 170 valence electrons. The lowest BCUT2D eigenvalue weighted by Crippen LogP contribution is -2.45. The van der Waals surface area contributed by atoms with Gasteiger partial charge in [0.15, 0.2) is 16.8 Å². The number of anilines is 1. The van der Waals surface area contributed by atoms with Gasteiger partial charge in [0, 0.05) is 30.9 Å². The predicted octanol–water partition coefficient (Wildman–Crippen LogP) is 4.17. The number of nitrogens with two attached hydrogens (primary N) is 1. The summed E-state index contributed by atoms with van der Waals surface area (Å²) in [4.78, 5) is 15.0. The lowest BCUT2D eigenvalue weighted by atomic mass is 9.73. The Morgan fingerprint density at radius 3 is 2.73 bits per heavy atom. The number of nitrogens with zero attached hydrogens (tertiary/aromatic N) is 4. The van der Waals surface area contributed by atoms with Crippen molar-refractivity contribution in [2.45, 2.75) is 31.9 Å². The van der Waals surface area contributed by atoms with E-state index in [2.05, 4.69) is 44.1 Å². The second-order valence-corrected chi connectivity index (χ2v) is 9.12. The first kappa shape index (κ1) is 21.9. The van der Waals surface area contributed by atoms with E-state index in [0.717, 1.165) is 32.4 Å². The van der Waals surface area contributed by atoms with Crippen molar-refractivity contribution in [1.29, 1.82) is 0 Å². The van der Waals surface area contributed by atoms with Crippen molar-refractivity contribution in [3.8, 4) is 0 Å². The maximum Gasteiger partial charge on any atom is 0.167 e. The van der Waals surface area contributed by atoms with Crippen LogP contribution in [0, 0.1) is 11.2 Å². The smallest absolute Gasteiger partial charge is 0.167 e. The Morgan fingerprint density at radius 1 is 1.18 bits per heavy atom. The first-order valence-electron chi connectivity index (χ1n) is 11.0. The van der Waals surface area contributed by atoms with Crippen molar-refractivity contribution in [3.63, 3.8) is 0 Å². The van der Waals surface area contributed by atoms with Crippen LogP contribution in [0.1, 0.15) is 47.0 Å². The molecule has 1 saturated heterocycles. The molecule has 0 radical (unpaired) electrons. The van der Waals surface area contributed by atoms with E-state index >= 15 is 0 Å². The van der Waals surface area contributed by atoms with Gasteiger partial charge in [0.1, 0.15) is 5.69 Å². The van der Waals surface area contributed by atoms with Gasteiger partial charge in [0.2, 0.25) is 0 Å². The standard InChI is InChI=1S/C25H25ClFN5O/c26-23-21(27)16(7-10-29-23)5-6-18-14-30-24(20(15-33)31-18)32-11-8-25(9-12-32)13-17-3-1-2-4-19(17)22(25)28/h1-7,10,14,22,33H,8-9,11-13,15,28H2. The number of aromatic nitrogens is 3. The van der Waals surface area contributed by atoms with Crippen molar-refractivity contribution in [2.24, 2.45) is 11.1 Å². The maximum atomic E-state index is 14.1. The van der Waals surface area contributed by atoms with Crippen LogP contribution in [0.3, 0.4) is 0 Å². The van der Waals surface area contributed by atoms with E-state index in [1.807, 2.05) is 0 Å². The van der Waals surface area contributed by atoms with Crippen LogP contribution in [-0.2, 0) is 13.0 Å².